The zero-order valence-electron chi connectivity index (χ0n) is 10.6. The third-order valence-corrected chi connectivity index (χ3v) is 6.43. The Hall–Kier alpha value is -0.300. The van der Waals surface area contributed by atoms with Gasteiger partial charge in [-0.2, -0.15) is 0 Å². The molecule has 3 fully saturated rings. The van der Waals surface area contributed by atoms with Crippen LogP contribution in [0.2, 0.25) is 0 Å². The molecule has 1 heteroatoms. The van der Waals surface area contributed by atoms with E-state index < -0.39 is 0 Å². The Labute approximate surface area is 98.9 Å². The quantitative estimate of drug-likeness (QED) is 0.672. The number of hydrogen-bond acceptors (Lipinski definition) is 1. The summed E-state index contributed by atoms with van der Waals surface area (Å²) >= 11 is 0. The second-order valence-corrected chi connectivity index (χ2v) is 6.79. The van der Waals surface area contributed by atoms with E-state index in [1.165, 1.54) is 37.7 Å². The molecule has 2 bridgehead atoms. The van der Waals surface area contributed by atoms with E-state index in [9.17, 15) is 5.11 Å². The van der Waals surface area contributed by atoms with Crippen LogP contribution in [0.15, 0.2) is 12.2 Å². The average molecular weight is 220 g/mol. The summed E-state index contributed by atoms with van der Waals surface area (Å²) in [5.74, 6) is 2.12. The summed E-state index contributed by atoms with van der Waals surface area (Å²) in [6.07, 6.45) is 6.59. The molecule has 1 N–H and O–H groups in total. The normalized spacial score (nSPS) is 55.4. The number of aliphatic hydroxyl groups is 1. The van der Waals surface area contributed by atoms with Gasteiger partial charge in [0.1, 0.15) is 0 Å². The molecule has 16 heavy (non-hydrogen) atoms. The van der Waals surface area contributed by atoms with Crippen LogP contribution < -0.4 is 0 Å². The molecule has 0 radical (unpaired) electrons. The molecule has 0 aromatic heterocycles. The van der Waals surface area contributed by atoms with Crippen molar-refractivity contribution in [2.24, 2.45) is 28.6 Å². The molecule has 3 rings (SSSR count). The first-order chi connectivity index (χ1) is 7.54. The monoisotopic (exact) mass is 220 g/mol. The van der Waals surface area contributed by atoms with Crippen LogP contribution in [0.25, 0.3) is 0 Å². The number of aliphatic hydroxyl groups excluding tert-OH is 1. The van der Waals surface area contributed by atoms with Gasteiger partial charge in [-0.15, -0.1) is 0 Å². The third kappa shape index (κ3) is 1.11. The van der Waals surface area contributed by atoms with E-state index in [1.54, 1.807) is 0 Å². The Bertz CT molecular complexity index is 334. The van der Waals surface area contributed by atoms with Gasteiger partial charge in [-0.25, -0.2) is 0 Å². The fourth-order valence-corrected chi connectivity index (χ4v) is 4.71. The summed E-state index contributed by atoms with van der Waals surface area (Å²) in [4.78, 5) is 0. The first-order valence-corrected chi connectivity index (χ1v) is 6.85. The molecule has 3 aliphatic carbocycles. The van der Waals surface area contributed by atoms with E-state index >= 15 is 0 Å². The second kappa shape index (κ2) is 3.13. The first kappa shape index (κ1) is 10.8. The fourth-order valence-electron chi connectivity index (χ4n) is 4.71. The van der Waals surface area contributed by atoms with Gasteiger partial charge < -0.3 is 5.11 Å². The van der Waals surface area contributed by atoms with E-state index in [1.807, 2.05) is 0 Å². The number of fused-ring (bicyclic) bond motifs is 3. The fraction of sp³-hybridized carbons (Fsp3) is 0.867. The average Bonchev–Trinajstić information content (AvgIpc) is 2.97. The zero-order chi connectivity index (χ0) is 11.6. The number of hydrogen-bond donors (Lipinski definition) is 1. The molecule has 90 valence electrons. The van der Waals surface area contributed by atoms with Gasteiger partial charge in [-0.05, 0) is 60.7 Å². The minimum absolute atomic E-state index is 0.399. The molecule has 1 spiro atoms. The topological polar surface area (TPSA) is 20.2 Å². The molecular weight excluding hydrogens is 196 g/mol. The molecule has 3 saturated carbocycles. The molecule has 0 aromatic carbocycles. The molecule has 1 nitrogen and oxygen atoms in total. The molecule has 0 amide bonds. The van der Waals surface area contributed by atoms with Gasteiger partial charge in [0.2, 0.25) is 0 Å². The number of allylic oxidation sites excluding steroid dienone is 1. The van der Waals surface area contributed by atoms with Crippen molar-refractivity contribution in [3.8, 4) is 0 Å². The Morgan fingerprint density at radius 2 is 2.12 bits per heavy atom. The van der Waals surface area contributed by atoms with Gasteiger partial charge in [-0.3, -0.25) is 0 Å². The van der Waals surface area contributed by atoms with Crippen molar-refractivity contribution in [2.75, 3.05) is 6.61 Å². The van der Waals surface area contributed by atoms with Crippen LogP contribution >= 0.6 is 0 Å². The molecule has 0 aromatic rings. The number of rotatable bonds is 1. The van der Waals surface area contributed by atoms with Crippen molar-refractivity contribution in [1.29, 1.82) is 0 Å². The van der Waals surface area contributed by atoms with E-state index in [-0.39, 0.29) is 0 Å². The summed E-state index contributed by atoms with van der Waals surface area (Å²) in [6.45, 7) is 9.67. The highest BCUT2D eigenvalue weighted by Crippen LogP contribution is 2.71. The van der Waals surface area contributed by atoms with E-state index in [0.717, 1.165) is 11.8 Å². The molecule has 3 aliphatic rings. The third-order valence-electron chi connectivity index (χ3n) is 6.43. The maximum absolute atomic E-state index is 9.39. The molecule has 0 unspecified atom stereocenters. The van der Waals surface area contributed by atoms with Crippen molar-refractivity contribution < 1.29 is 5.11 Å². The van der Waals surface area contributed by atoms with Gasteiger partial charge in [0.15, 0.2) is 0 Å². The van der Waals surface area contributed by atoms with Crippen molar-refractivity contribution >= 4 is 0 Å². The van der Waals surface area contributed by atoms with Crippen LogP contribution in [-0.2, 0) is 0 Å². The smallest absolute Gasteiger partial charge is 0.0465 e. The maximum Gasteiger partial charge on any atom is 0.0465 e. The van der Waals surface area contributed by atoms with E-state index in [2.05, 4.69) is 20.4 Å². The van der Waals surface area contributed by atoms with Crippen LogP contribution in [0.1, 0.15) is 46.0 Å². The summed E-state index contributed by atoms with van der Waals surface area (Å²) in [5, 5.41) is 9.39. The van der Waals surface area contributed by atoms with Crippen LogP contribution in [-0.4, -0.2) is 11.7 Å². The Balaban J connectivity index is 1.91. The van der Waals surface area contributed by atoms with E-state index in [4.69, 9.17) is 0 Å². The maximum atomic E-state index is 9.39. The first-order valence-electron chi connectivity index (χ1n) is 6.85. The van der Waals surface area contributed by atoms with Gasteiger partial charge in [0, 0.05) is 6.61 Å². The van der Waals surface area contributed by atoms with Crippen LogP contribution in [0.4, 0.5) is 0 Å². The van der Waals surface area contributed by atoms with Crippen molar-refractivity contribution in [2.45, 2.75) is 46.0 Å². The van der Waals surface area contributed by atoms with Crippen molar-refractivity contribution in [3.63, 3.8) is 0 Å². The summed E-state index contributed by atoms with van der Waals surface area (Å²) in [5.41, 5.74) is 2.40. The minimum atomic E-state index is 0.399. The lowest BCUT2D eigenvalue weighted by Crippen LogP contribution is -2.44. The molecular formula is C15H24O. The Kier molecular flexibility index (Phi) is 2.12. The lowest BCUT2D eigenvalue weighted by Gasteiger charge is -2.53. The molecule has 5 atom stereocenters. The largest absolute Gasteiger partial charge is 0.396 e. The van der Waals surface area contributed by atoms with Crippen LogP contribution in [0.3, 0.4) is 0 Å². The lowest BCUT2D eigenvalue weighted by molar-refractivity contribution is 0.0500. The molecule has 0 heterocycles. The standard InChI is InChI=1S/C15H24O/c1-10-4-5-13-11(2)14(10,3)6-7-15(13)8-12(15)9-16/h10,12-13,16H,2,4-9H2,1,3H3/t10-,12-,13-,14+,15+/m1/s1. The predicted molar refractivity (Wildman–Crippen MR) is 66.0 cm³/mol. The van der Waals surface area contributed by atoms with Gasteiger partial charge in [0.25, 0.3) is 0 Å². The second-order valence-electron chi connectivity index (χ2n) is 6.79. The minimum Gasteiger partial charge on any atom is -0.396 e. The zero-order valence-corrected chi connectivity index (χ0v) is 10.6. The van der Waals surface area contributed by atoms with Crippen molar-refractivity contribution in [3.05, 3.63) is 12.2 Å². The van der Waals surface area contributed by atoms with Crippen molar-refractivity contribution in [1.82, 2.24) is 0 Å². The van der Waals surface area contributed by atoms with Crippen LogP contribution in [0.5, 0.6) is 0 Å². The Morgan fingerprint density at radius 1 is 1.38 bits per heavy atom. The molecule has 0 saturated heterocycles. The highest BCUT2D eigenvalue weighted by molar-refractivity contribution is 5.28. The summed E-state index contributed by atoms with van der Waals surface area (Å²) < 4.78 is 0. The highest BCUT2D eigenvalue weighted by atomic mass is 16.3. The highest BCUT2D eigenvalue weighted by Gasteiger charge is 2.64. The van der Waals surface area contributed by atoms with Gasteiger partial charge in [0.05, 0.1) is 0 Å². The SMILES string of the molecule is C=C1[C@H]2CC[C@@H](C)[C@]1(C)CC[C@@]21C[C@@H]1CO. The predicted octanol–water partition coefficient (Wildman–Crippen LogP) is 3.39. The van der Waals surface area contributed by atoms with Gasteiger partial charge >= 0.3 is 0 Å². The van der Waals surface area contributed by atoms with Crippen LogP contribution in [0, 0.1) is 28.6 Å². The summed E-state index contributed by atoms with van der Waals surface area (Å²) in [6, 6.07) is 0. The van der Waals surface area contributed by atoms with Gasteiger partial charge in [-0.1, -0.05) is 26.0 Å². The Morgan fingerprint density at radius 3 is 2.75 bits per heavy atom. The summed E-state index contributed by atoms with van der Waals surface area (Å²) in [7, 11) is 0. The molecule has 0 aliphatic heterocycles. The lowest BCUT2D eigenvalue weighted by atomic mass is 9.51. The van der Waals surface area contributed by atoms with E-state index in [0.29, 0.717) is 23.4 Å².